The van der Waals surface area contributed by atoms with Crippen LogP contribution in [0.3, 0.4) is 0 Å². The first-order valence-electron chi connectivity index (χ1n) is 6.60. The zero-order valence-corrected chi connectivity index (χ0v) is 11.0. The average Bonchev–Trinajstić information content (AvgIpc) is 2.39. The standard InChI is InChI=1S/C14H21N3O/c1-10-8-12(5-7-16-10)14(18)17-11(2)13-4-3-6-15-9-13/h3-4,6,9-12,16H,5,7-8H2,1-2H3,(H,17,18). The summed E-state index contributed by atoms with van der Waals surface area (Å²) < 4.78 is 0. The normalized spacial score (nSPS) is 25.4. The van der Waals surface area contributed by atoms with E-state index >= 15 is 0 Å². The number of aromatic nitrogens is 1. The minimum Gasteiger partial charge on any atom is -0.349 e. The second-order valence-electron chi connectivity index (χ2n) is 5.09. The third-order valence-electron chi connectivity index (χ3n) is 3.54. The van der Waals surface area contributed by atoms with Gasteiger partial charge in [-0.1, -0.05) is 6.07 Å². The highest BCUT2D eigenvalue weighted by molar-refractivity contribution is 5.79. The summed E-state index contributed by atoms with van der Waals surface area (Å²) in [5, 5.41) is 6.44. The topological polar surface area (TPSA) is 54.0 Å². The Morgan fingerprint density at radius 2 is 2.44 bits per heavy atom. The molecule has 1 aromatic heterocycles. The van der Waals surface area contributed by atoms with Gasteiger partial charge in [0.25, 0.3) is 0 Å². The molecule has 0 radical (unpaired) electrons. The highest BCUT2D eigenvalue weighted by atomic mass is 16.1. The molecule has 2 rings (SSSR count). The van der Waals surface area contributed by atoms with E-state index in [-0.39, 0.29) is 17.9 Å². The van der Waals surface area contributed by atoms with Crippen LogP contribution in [0.4, 0.5) is 0 Å². The van der Waals surface area contributed by atoms with Gasteiger partial charge < -0.3 is 10.6 Å². The number of carbonyl (C=O) groups is 1. The van der Waals surface area contributed by atoms with E-state index in [2.05, 4.69) is 22.5 Å². The fraction of sp³-hybridized carbons (Fsp3) is 0.571. The highest BCUT2D eigenvalue weighted by Crippen LogP contribution is 2.18. The number of amides is 1. The molecule has 3 atom stereocenters. The van der Waals surface area contributed by atoms with E-state index in [0.717, 1.165) is 24.9 Å². The van der Waals surface area contributed by atoms with Crippen molar-refractivity contribution in [1.29, 1.82) is 0 Å². The molecule has 1 fully saturated rings. The van der Waals surface area contributed by atoms with Gasteiger partial charge in [0, 0.05) is 24.4 Å². The molecule has 4 nitrogen and oxygen atoms in total. The molecule has 1 saturated heterocycles. The predicted octanol–water partition coefficient (Wildman–Crippen LogP) is 1.65. The molecule has 2 N–H and O–H groups in total. The number of pyridine rings is 1. The molecule has 2 heterocycles. The molecular weight excluding hydrogens is 226 g/mol. The van der Waals surface area contributed by atoms with Crippen molar-refractivity contribution in [3.8, 4) is 0 Å². The summed E-state index contributed by atoms with van der Waals surface area (Å²) in [5.74, 6) is 0.306. The van der Waals surface area contributed by atoms with Crippen LogP contribution in [0.2, 0.25) is 0 Å². The van der Waals surface area contributed by atoms with Gasteiger partial charge >= 0.3 is 0 Å². The summed E-state index contributed by atoms with van der Waals surface area (Å²) in [6.07, 6.45) is 5.39. The third-order valence-corrected chi connectivity index (χ3v) is 3.54. The van der Waals surface area contributed by atoms with E-state index in [1.807, 2.05) is 19.1 Å². The second kappa shape index (κ2) is 5.96. The first-order chi connectivity index (χ1) is 8.66. The Labute approximate surface area is 108 Å². The third kappa shape index (κ3) is 3.29. The minimum atomic E-state index is 0.0244. The second-order valence-corrected chi connectivity index (χ2v) is 5.09. The van der Waals surface area contributed by atoms with E-state index < -0.39 is 0 Å². The van der Waals surface area contributed by atoms with E-state index in [1.54, 1.807) is 12.4 Å². The Morgan fingerprint density at radius 1 is 1.61 bits per heavy atom. The average molecular weight is 247 g/mol. The van der Waals surface area contributed by atoms with Crippen molar-refractivity contribution in [3.05, 3.63) is 30.1 Å². The lowest BCUT2D eigenvalue weighted by atomic mass is 9.92. The number of nitrogens with one attached hydrogen (secondary N) is 2. The van der Waals surface area contributed by atoms with Gasteiger partial charge in [-0.15, -0.1) is 0 Å². The first-order valence-corrected chi connectivity index (χ1v) is 6.60. The Morgan fingerprint density at radius 3 is 3.11 bits per heavy atom. The summed E-state index contributed by atoms with van der Waals surface area (Å²) in [7, 11) is 0. The number of piperidine rings is 1. The lowest BCUT2D eigenvalue weighted by molar-refractivity contribution is -0.126. The summed E-state index contributed by atoms with van der Waals surface area (Å²) in [6, 6.07) is 4.34. The molecule has 18 heavy (non-hydrogen) atoms. The molecule has 98 valence electrons. The van der Waals surface area contributed by atoms with Crippen LogP contribution in [0.5, 0.6) is 0 Å². The summed E-state index contributed by atoms with van der Waals surface area (Å²) in [6.45, 7) is 5.06. The summed E-state index contributed by atoms with van der Waals surface area (Å²) >= 11 is 0. The van der Waals surface area contributed by atoms with Crippen LogP contribution in [-0.2, 0) is 4.79 Å². The Bertz CT molecular complexity index is 393. The van der Waals surface area contributed by atoms with Crippen LogP contribution >= 0.6 is 0 Å². The van der Waals surface area contributed by atoms with Crippen molar-refractivity contribution < 1.29 is 4.79 Å². The number of carbonyl (C=O) groups excluding carboxylic acids is 1. The lowest BCUT2D eigenvalue weighted by Crippen LogP contribution is -2.42. The maximum Gasteiger partial charge on any atom is 0.223 e. The monoisotopic (exact) mass is 247 g/mol. The van der Waals surface area contributed by atoms with Gasteiger partial charge in [-0.3, -0.25) is 9.78 Å². The fourth-order valence-corrected chi connectivity index (χ4v) is 2.42. The van der Waals surface area contributed by atoms with Crippen LogP contribution in [-0.4, -0.2) is 23.5 Å². The molecule has 1 aliphatic heterocycles. The smallest absolute Gasteiger partial charge is 0.223 e. The molecule has 1 aromatic rings. The molecule has 1 aliphatic rings. The highest BCUT2D eigenvalue weighted by Gasteiger charge is 2.25. The van der Waals surface area contributed by atoms with Gasteiger partial charge in [-0.05, 0) is 44.9 Å². The molecular formula is C14H21N3O. The van der Waals surface area contributed by atoms with E-state index in [1.165, 1.54) is 0 Å². The maximum atomic E-state index is 12.2. The predicted molar refractivity (Wildman–Crippen MR) is 71.0 cm³/mol. The molecule has 0 bridgehead atoms. The van der Waals surface area contributed by atoms with Crippen molar-refractivity contribution in [1.82, 2.24) is 15.6 Å². The summed E-state index contributed by atoms with van der Waals surface area (Å²) in [5.41, 5.74) is 1.05. The van der Waals surface area contributed by atoms with Crippen LogP contribution in [0, 0.1) is 5.92 Å². The van der Waals surface area contributed by atoms with Crippen LogP contribution in [0.15, 0.2) is 24.5 Å². The molecule has 1 amide bonds. The van der Waals surface area contributed by atoms with Gasteiger partial charge in [0.15, 0.2) is 0 Å². The van der Waals surface area contributed by atoms with Crippen LogP contribution in [0.1, 0.15) is 38.3 Å². The van der Waals surface area contributed by atoms with Gasteiger partial charge in [0.2, 0.25) is 5.91 Å². The maximum absolute atomic E-state index is 12.2. The van der Waals surface area contributed by atoms with Gasteiger partial charge in [0.1, 0.15) is 0 Å². The van der Waals surface area contributed by atoms with Gasteiger partial charge in [0.05, 0.1) is 6.04 Å². The van der Waals surface area contributed by atoms with E-state index in [9.17, 15) is 4.79 Å². The van der Waals surface area contributed by atoms with E-state index in [0.29, 0.717) is 6.04 Å². The van der Waals surface area contributed by atoms with Crippen molar-refractivity contribution in [2.75, 3.05) is 6.54 Å². The minimum absolute atomic E-state index is 0.0244. The van der Waals surface area contributed by atoms with Crippen molar-refractivity contribution >= 4 is 5.91 Å². The zero-order valence-electron chi connectivity index (χ0n) is 11.0. The largest absolute Gasteiger partial charge is 0.349 e. The quantitative estimate of drug-likeness (QED) is 0.854. The number of nitrogens with zero attached hydrogens (tertiary/aromatic N) is 1. The van der Waals surface area contributed by atoms with E-state index in [4.69, 9.17) is 0 Å². The van der Waals surface area contributed by atoms with Gasteiger partial charge in [-0.2, -0.15) is 0 Å². The fourth-order valence-electron chi connectivity index (χ4n) is 2.42. The Kier molecular flexibility index (Phi) is 4.31. The van der Waals surface area contributed by atoms with Crippen molar-refractivity contribution in [2.24, 2.45) is 5.92 Å². The zero-order chi connectivity index (χ0) is 13.0. The summed E-state index contributed by atoms with van der Waals surface area (Å²) in [4.78, 5) is 16.2. The molecule has 0 saturated carbocycles. The van der Waals surface area contributed by atoms with Crippen molar-refractivity contribution in [3.63, 3.8) is 0 Å². The molecule has 4 heteroatoms. The van der Waals surface area contributed by atoms with Crippen molar-refractivity contribution in [2.45, 2.75) is 38.8 Å². The Hall–Kier alpha value is -1.42. The number of rotatable bonds is 3. The molecule has 3 unspecified atom stereocenters. The first kappa shape index (κ1) is 13.0. The molecule has 0 spiro atoms. The van der Waals surface area contributed by atoms with Crippen LogP contribution in [0.25, 0.3) is 0 Å². The number of hydrogen-bond donors (Lipinski definition) is 2. The SMILES string of the molecule is CC1CC(C(=O)NC(C)c2cccnc2)CCN1. The number of hydrogen-bond acceptors (Lipinski definition) is 3. The van der Waals surface area contributed by atoms with Crippen LogP contribution < -0.4 is 10.6 Å². The Balaban J connectivity index is 1.91. The molecule has 0 aromatic carbocycles. The lowest BCUT2D eigenvalue weighted by Gasteiger charge is -2.28. The molecule has 0 aliphatic carbocycles. The van der Waals surface area contributed by atoms with Gasteiger partial charge in [-0.25, -0.2) is 0 Å².